The van der Waals surface area contributed by atoms with Crippen LogP contribution in [0.1, 0.15) is 36.6 Å². The number of thiophene rings is 1. The number of ether oxygens (including phenoxy) is 1. The largest absolute Gasteiger partial charge is 0.467 e. The fourth-order valence-corrected chi connectivity index (χ4v) is 4.29. The summed E-state index contributed by atoms with van der Waals surface area (Å²) in [7, 11) is 1.31. The molecule has 0 bridgehead atoms. The summed E-state index contributed by atoms with van der Waals surface area (Å²) in [6.07, 6.45) is 2.51. The highest BCUT2D eigenvalue weighted by Gasteiger charge is 2.32. The first-order valence-electron chi connectivity index (χ1n) is 10.3. The molecule has 2 amide bonds. The molecule has 0 unspecified atom stereocenters. The second-order valence-electron chi connectivity index (χ2n) is 7.17. The van der Waals surface area contributed by atoms with Gasteiger partial charge in [-0.1, -0.05) is 72.1 Å². The Labute approximate surface area is 196 Å². The highest BCUT2D eigenvalue weighted by molar-refractivity contribution is 9.09. The summed E-state index contributed by atoms with van der Waals surface area (Å²) < 4.78 is 4.88. The Balaban J connectivity index is 2.33. The third-order valence-corrected chi connectivity index (χ3v) is 6.28. The summed E-state index contributed by atoms with van der Waals surface area (Å²) in [6, 6.07) is 11.9. The number of amides is 2. The first-order chi connectivity index (χ1) is 15.0. The summed E-state index contributed by atoms with van der Waals surface area (Å²) >= 11 is 4.78. The highest BCUT2D eigenvalue weighted by Crippen LogP contribution is 2.18. The molecule has 0 aliphatic rings. The maximum absolute atomic E-state index is 13.4. The first-order valence-corrected chi connectivity index (χ1v) is 12.3. The van der Waals surface area contributed by atoms with E-state index in [2.05, 4.69) is 21.2 Å². The number of methoxy groups -OCH3 is 1. The van der Waals surface area contributed by atoms with Crippen molar-refractivity contribution in [3.63, 3.8) is 0 Å². The molecular weight excluding hydrogens is 480 g/mol. The van der Waals surface area contributed by atoms with Crippen LogP contribution in [-0.4, -0.2) is 47.2 Å². The van der Waals surface area contributed by atoms with Crippen molar-refractivity contribution in [2.24, 2.45) is 0 Å². The monoisotopic (exact) mass is 508 g/mol. The molecule has 0 saturated carbocycles. The first kappa shape index (κ1) is 25.1. The molecule has 2 aromatic rings. The standard InChI is InChI=1S/C23H29BrN2O4S/c1-3-4-12-19(23(29)30-2)25-22(28)20(14-17-9-6-5-7-10-17)26(21(27)15-24)16-18-11-8-13-31-18/h5-11,13,19-20H,3-4,12,14-16H2,1-2H3,(H,25,28)/t19-,20-/m0/s1. The van der Waals surface area contributed by atoms with Crippen LogP contribution in [0.5, 0.6) is 0 Å². The topological polar surface area (TPSA) is 75.7 Å². The van der Waals surface area contributed by atoms with Crippen molar-refractivity contribution in [3.05, 3.63) is 58.3 Å². The fourth-order valence-electron chi connectivity index (χ4n) is 3.27. The molecule has 0 saturated heterocycles. The Bertz CT molecular complexity index is 829. The van der Waals surface area contributed by atoms with Gasteiger partial charge >= 0.3 is 5.97 Å². The number of nitrogens with one attached hydrogen (secondary N) is 1. The quantitative estimate of drug-likeness (QED) is 0.348. The van der Waals surface area contributed by atoms with E-state index < -0.39 is 18.1 Å². The Morgan fingerprint density at radius 2 is 1.90 bits per heavy atom. The molecule has 6 nitrogen and oxygen atoms in total. The van der Waals surface area contributed by atoms with Crippen LogP contribution in [0.4, 0.5) is 0 Å². The van der Waals surface area contributed by atoms with Crippen molar-refractivity contribution in [2.75, 3.05) is 12.4 Å². The maximum Gasteiger partial charge on any atom is 0.328 e. The van der Waals surface area contributed by atoms with E-state index in [-0.39, 0.29) is 17.1 Å². The lowest BCUT2D eigenvalue weighted by molar-refractivity contribution is -0.147. The average Bonchev–Trinajstić information content (AvgIpc) is 3.31. The zero-order valence-corrected chi connectivity index (χ0v) is 20.3. The normalized spacial score (nSPS) is 12.6. The molecule has 1 heterocycles. The van der Waals surface area contributed by atoms with E-state index in [1.807, 2.05) is 54.8 Å². The number of carbonyl (C=O) groups is 3. The molecule has 168 valence electrons. The van der Waals surface area contributed by atoms with E-state index >= 15 is 0 Å². The van der Waals surface area contributed by atoms with Gasteiger partial charge in [-0.25, -0.2) is 4.79 Å². The van der Waals surface area contributed by atoms with Gasteiger partial charge in [-0.15, -0.1) is 11.3 Å². The van der Waals surface area contributed by atoms with Crippen LogP contribution in [-0.2, 0) is 32.1 Å². The van der Waals surface area contributed by atoms with E-state index in [9.17, 15) is 14.4 Å². The Kier molecular flexibility index (Phi) is 10.7. The smallest absolute Gasteiger partial charge is 0.328 e. The van der Waals surface area contributed by atoms with E-state index in [0.717, 1.165) is 23.3 Å². The SMILES string of the molecule is CCCC[C@H](NC(=O)[C@H](Cc1ccccc1)N(Cc1cccs1)C(=O)CBr)C(=O)OC. The zero-order valence-electron chi connectivity index (χ0n) is 17.9. The molecule has 0 fully saturated rings. The van der Waals surface area contributed by atoms with E-state index in [1.54, 1.807) is 4.90 Å². The van der Waals surface area contributed by atoms with Crippen molar-refractivity contribution >= 4 is 45.1 Å². The van der Waals surface area contributed by atoms with Crippen molar-refractivity contribution in [1.82, 2.24) is 10.2 Å². The van der Waals surface area contributed by atoms with E-state index in [4.69, 9.17) is 4.74 Å². The van der Waals surface area contributed by atoms with Crippen molar-refractivity contribution < 1.29 is 19.1 Å². The molecule has 31 heavy (non-hydrogen) atoms. The van der Waals surface area contributed by atoms with Crippen LogP contribution in [0.25, 0.3) is 0 Å². The molecule has 1 N–H and O–H groups in total. The van der Waals surface area contributed by atoms with Gasteiger partial charge in [0.1, 0.15) is 12.1 Å². The molecule has 1 aromatic heterocycles. The molecule has 0 aliphatic heterocycles. The van der Waals surface area contributed by atoms with Gasteiger partial charge in [-0.05, 0) is 23.4 Å². The number of hydrogen-bond donors (Lipinski definition) is 1. The second-order valence-corrected chi connectivity index (χ2v) is 8.76. The van der Waals surface area contributed by atoms with Crippen LogP contribution in [0, 0.1) is 0 Å². The number of benzene rings is 1. The minimum atomic E-state index is -0.761. The Hall–Kier alpha value is -2.19. The third-order valence-electron chi connectivity index (χ3n) is 4.94. The number of carbonyl (C=O) groups excluding carboxylic acids is 3. The fraction of sp³-hybridized carbons (Fsp3) is 0.435. The predicted molar refractivity (Wildman–Crippen MR) is 126 cm³/mol. The zero-order chi connectivity index (χ0) is 22.6. The van der Waals surface area contributed by atoms with Gasteiger partial charge in [0.25, 0.3) is 0 Å². The predicted octanol–water partition coefficient (Wildman–Crippen LogP) is 3.93. The summed E-state index contributed by atoms with van der Waals surface area (Å²) in [5.41, 5.74) is 0.935. The molecule has 2 rings (SSSR count). The third kappa shape index (κ3) is 7.78. The number of rotatable bonds is 12. The lowest BCUT2D eigenvalue weighted by Gasteiger charge is -2.31. The summed E-state index contributed by atoms with van der Waals surface area (Å²) in [5, 5.41) is 4.89. The summed E-state index contributed by atoms with van der Waals surface area (Å²) in [6.45, 7) is 2.34. The van der Waals surface area contributed by atoms with E-state index in [0.29, 0.717) is 19.4 Å². The molecular formula is C23H29BrN2O4S. The molecule has 0 spiro atoms. The molecule has 1 aromatic carbocycles. The van der Waals surface area contributed by atoms with Crippen LogP contribution in [0.15, 0.2) is 47.8 Å². The maximum atomic E-state index is 13.4. The summed E-state index contributed by atoms with van der Waals surface area (Å²) in [4.78, 5) is 41.0. The number of halogens is 1. The van der Waals surface area contributed by atoms with Crippen molar-refractivity contribution in [2.45, 2.75) is 51.2 Å². The van der Waals surface area contributed by atoms with Gasteiger partial charge in [0.05, 0.1) is 19.0 Å². The van der Waals surface area contributed by atoms with Gasteiger partial charge < -0.3 is 15.0 Å². The minimum Gasteiger partial charge on any atom is -0.467 e. The van der Waals surface area contributed by atoms with E-state index in [1.165, 1.54) is 18.4 Å². The molecule has 0 aliphatic carbocycles. The van der Waals surface area contributed by atoms with Gasteiger partial charge in [0, 0.05) is 11.3 Å². The van der Waals surface area contributed by atoms with Crippen LogP contribution >= 0.6 is 27.3 Å². The lowest BCUT2D eigenvalue weighted by Crippen LogP contribution is -2.54. The number of esters is 1. The van der Waals surface area contributed by atoms with Gasteiger partial charge in [0.15, 0.2) is 0 Å². The van der Waals surface area contributed by atoms with Gasteiger partial charge in [-0.3, -0.25) is 9.59 Å². The van der Waals surface area contributed by atoms with Gasteiger partial charge in [0.2, 0.25) is 11.8 Å². The van der Waals surface area contributed by atoms with Crippen molar-refractivity contribution in [1.29, 1.82) is 0 Å². The second kappa shape index (κ2) is 13.3. The van der Waals surface area contributed by atoms with Crippen LogP contribution < -0.4 is 5.32 Å². The number of nitrogens with zero attached hydrogens (tertiary/aromatic N) is 1. The number of hydrogen-bond acceptors (Lipinski definition) is 5. The molecule has 0 radical (unpaired) electrons. The molecule has 8 heteroatoms. The average molecular weight is 509 g/mol. The highest BCUT2D eigenvalue weighted by atomic mass is 79.9. The minimum absolute atomic E-state index is 0.104. The summed E-state index contributed by atoms with van der Waals surface area (Å²) in [5.74, 6) is -1.02. The Morgan fingerprint density at radius 3 is 2.48 bits per heavy atom. The molecule has 2 atom stereocenters. The van der Waals surface area contributed by atoms with Crippen LogP contribution in [0.3, 0.4) is 0 Å². The van der Waals surface area contributed by atoms with Gasteiger partial charge in [-0.2, -0.15) is 0 Å². The Morgan fingerprint density at radius 1 is 1.16 bits per heavy atom. The lowest BCUT2D eigenvalue weighted by atomic mass is 10.0. The number of alkyl halides is 1. The number of unbranched alkanes of at least 4 members (excludes halogenated alkanes) is 1. The van der Waals surface area contributed by atoms with Crippen LogP contribution in [0.2, 0.25) is 0 Å². The van der Waals surface area contributed by atoms with Crippen molar-refractivity contribution in [3.8, 4) is 0 Å².